The predicted molar refractivity (Wildman–Crippen MR) is 286 cm³/mol. The van der Waals surface area contributed by atoms with Crippen LogP contribution in [0.2, 0.25) is 0 Å². The quantitative estimate of drug-likeness (QED) is 0.156. The minimum atomic E-state index is 0.590. The lowest BCUT2D eigenvalue weighted by molar-refractivity contribution is 0.669. The Morgan fingerprint density at radius 3 is 1.54 bits per heavy atom. The number of nitrogens with zero attached hydrogens (tertiary/aromatic N) is 3. The molecular formula is C63H35N3O2S. The number of thiophene rings is 1. The van der Waals surface area contributed by atoms with Gasteiger partial charge in [0.2, 0.25) is 0 Å². The van der Waals surface area contributed by atoms with E-state index in [1.54, 1.807) is 11.3 Å². The molecular weight excluding hydrogens is 863 g/mol. The van der Waals surface area contributed by atoms with Crippen molar-refractivity contribution in [3.63, 3.8) is 0 Å². The van der Waals surface area contributed by atoms with Crippen molar-refractivity contribution in [1.29, 1.82) is 0 Å². The van der Waals surface area contributed by atoms with Crippen LogP contribution in [-0.2, 0) is 0 Å². The topological polar surface area (TPSA) is 65.0 Å². The van der Waals surface area contributed by atoms with Crippen molar-refractivity contribution in [3.8, 4) is 67.5 Å². The van der Waals surface area contributed by atoms with Crippen LogP contribution in [-0.4, -0.2) is 15.0 Å². The van der Waals surface area contributed by atoms with E-state index in [0.717, 1.165) is 76.7 Å². The molecule has 0 radical (unpaired) electrons. The van der Waals surface area contributed by atoms with Crippen LogP contribution in [0, 0.1) is 0 Å². The van der Waals surface area contributed by atoms with Crippen molar-refractivity contribution in [2.75, 3.05) is 0 Å². The zero-order chi connectivity index (χ0) is 45.2. The molecule has 5 nitrogen and oxygen atoms in total. The van der Waals surface area contributed by atoms with Crippen LogP contribution in [0.3, 0.4) is 0 Å². The highest BCUT2D eigenvalue weighted by molar-refractivity contribution is 7.26. The summed E-state index contributed by atoms with van der Waals surface area (Å²) in [6.07, 6.45) is 0. The van der Waals surface area contributed by atoms with Gasteiger partial charge in [0.1, 0.15) is 22.3 Å². The van der Waals surface area contributed by atoms with Gasteiger partial charge in [-0.05, 0) is 116 Å². The second-order valence-corrected chi connectivity index (χ2v) is 18.9. The molecule has 15 rings (SSSR count). The van der Waals surface area contributed by atoms with Gasteiger partial charge in [-0.1, -0.05) is 152 Å². The molecule has 0 aliphatic heterocycles. The highest BCUT2D eigenvalue weighted by atomic mass is 32.1. The van der Waals surface area contributed by atoms with Crippen molar-refractivity contribution in [2.24, 2.45) is 0 Å². The molecule has 0 fully saturated rings. The fourth-order valence-electron chi connectivity index (χ4n) is 10.6. The smallest absolute Gasteiger partial charge is 0.165 e. The molecule has 0 N–H and O–H groups in total. The highest BCUT2D eigenvalue weighted by Gasteiger charge is 2.20. The predicted octanol–water partition coefficient (Wildman–Crippen LogP) is 17.8. The van der Waals surface area contributed by atoms with Crippen LogP contribution in [0.1, 0.15) is 0 Å². The molecule has 4 heterocycles. The van der Waals surface area contributed by atoms with Gasteiger partial charge in [-0.2, -0.15) is 0 Å². The molecule has 4 aromatic heterocycles. The van der Waals surface area contributed by atoms with Crippen molar-refractivity contribution < 1.29 is 8.83 Å². The maximum absolute atomic E-state index is 6.32. The average molecular weight is 898 g/mol. The van der Waals surface area contributed by atoms with Crippen molar-refractivity contribution >= 4 is 96.9 Å². The third-order valence-corrected chi connectivity index (χ3v) is 15.1. The number of hydrogen-bond acceptors (Lipinski definition) is 6. The van der Waals surface area contributed by atoms with Gasteiger partial charge in [-0.25, -0.2) is 15.0 Å². The third kappa shape index (κ3) is 5.99. The maximum Gasteiger partial charge on any atom is 0.165 e. The number of rotatable bonds is 6. The molecule has 11 aromatic carbocycles. The fourth-order valence-corrected chi connectivity index (χ4v) is 11.8. The second-order valence-electron chi connectivity index (χ2n) is 17.9. The molecule has 320 valence electrons. The van der Waals surface area contributed by atoms with E-state index >= 15 is 0 Å². The molecule has 0 saturated heterocycles. The van der Waals surface area contributed by atoms with E-state index in [1.165, 1.54) is 58.9 Å². The lowest BCUT2D eigenvalue weighted by Gasteiger charge is -2.12. The minimum absolute atomic E-state index is 0.590. The normalized spacial score (nSPS) is 12.1. The molecule has 0 saturated carbocycles. The number of fused-ring (bicyclic) bond motifs is 9. The Labute approximate surface area is 398 Å². The van der Waals surface area contributed by atoms with Gasteiger partial charge >= 0.3 is 0 Å². The zero-order valence-corrected chi connectivity index (χ0v) is 37.6. The summed E-state index contributed by atoms with van der Waals surface area (Å²) in [6, 6.07) is 75.2. The van der Waals surface area contributed by atoms with Gasteiger partial charge in [0.15, 0.2) is 17.5 Å². The third-order valence-electron chi connectivity index (χ3n) is 13.9. The Hall–Kier alpha value is -8.97. The van der Waals surface area contributed by atoms with Crippen LogP contribution < -0.4 is 0 Å². The summed E-state index contributed by atoms with van der Waals surface area (Å²) in [6.45, 7) is 0. The zero-order valence-electron chi connectivity index (χ0n) is 36.8. The molecule has 0 spiro atoms. The summed E-state index contributed by atoms with van der Waals surface area (Å²) < 4.78 is 15.0. The minimum Gasteiger partial charge on any atom is -0.456 e. The van der Waals surface area contributed by atoms with E-state index in [4.69, 9.17) is 23.8 Å². The lowest BCUT2D eigenvalue weighted by atomic mass is 9.91. The summed E-state index contributed by atoms with van der Waals surface area (Å²) in [5.41, 5.74) is 13.2. The number of benzene rings is 11. The summed E-state index contributed by atoms with van der Waals surface area (Å²) in [7, 11) is 0. The maximum atomic E-state index is 6.32. The molecule has 0 aliphatic rings. The van der Waals surface area contributed by atoms with Crippen LogP contribution in [0.4, 0.5) is 0 Å². The van der Waals surface area contributed by atoms with Crippen LogP contribution in [0.25, 0.3) is 153 Å². The van der Waals surface area contributed by atoms with Gasteiger partial charge in [-0.15, -0.1) is 11.3 Å². The number of aromatic nitrogens is 3. The van der Waals surface area contributed by atoms with Crippen molar-refractivity contribution in [2.45, 2.75) is 0 Å². The molecule has 69 heavy (non-hydrogen) atoms. The van der Waals surface area contributed by atoms with Gasteiger partial charge in [0, 0.05) is 58.4 Å². The summed E-state index contributed by atoms with van der Waals surface area (Å²) in [4.78, 5) is 15.6. The van der Waals surface area contributed by atoms with Crippen LogP contribution in [0.15, 0.2) is 221 Å². The number of para-hydroxylation sites is 1. The van der Waals surface area contributed by atoms with Gasteiger partial charge in [0.25, 0.3) is 0 Å². The first-order valence-corrected chi connectivity index (χ1v) is 24.0. The van der Waals surface area contributed by atoms with E-state index in [1.807, 2.05) is 24.3 Å². The number of furan rings is 2. The van der Waals surface area contributed by atoms with Crippen LogP contribution in [0.5, 0.6) is 0 Å². The van der Waals surface area contributed by atoms with E-state index in [9.17, 15) is 0 Å². The van der Waals surface area contributed by atoms with Gasteiger partial charge < -0.3 is 8.83 Å². The van der Waals surface area contributed by atoms with Gasteiger partial charge in [-0.3, -0.25) is 0 Å². The van der Waals surface area contributed by atoms with E-state index in [2.05, 4.69) is 188 Å². The summed E-state index contributed by atoms with van der Waals surface area (Å²) in [5.74, 6) is 1.83. The molecule has 0 amide bonds. The first-order chi connectivity index (χ1) is 34.1. The number of hydrogen-bond donors (Lipinski definition) is 0. The van der Waals surface area contributed by atoms with E-state index in [0.29, 0.717) is 17.5 Å². The molecule has 0 aliphatic carbocycles. The van der Waals surface area contributed by atoms with Crippen LogP contribution >= 0.6 is 11.3 Å². The Balaban J connectivity index is 0.794. The second kappa shape index (κ2) is 14.8. The molecule has 6 heteroatoms. The Morgan fingerprint density at radius 2 is 0.768 bits per heavy atom. The first kappa shape index (κ1) is 38.2. The SMILES string of the molecule is c1cc(-c2ccc(-c3nc(-c4ccc5c(c4)oc4ccccc45)nc(-c4cccc5c4sc4ccccc45)n3)cc2)cc(-c2cccc(-c3ccc4c(c3)c3cccc5oc6cccc4c6c53)c2)c1. The van der Waals surface area contributed by atoms with E-state index in [-0.39, 0.29) is 0 Å². The molecule has 0 unspecified atom stereocenters. The first-order valence-electron chi connectivity index (χ1n) is 23.1. The van der Waals surface area contributed by atoms with Crippen molar-refractivity contribution in [3.05, 3.63) is 212 Å². The molecule has 15 aromatic rings. The summed E-state index contributed by atoms with van der Waals surface area (Å²) in [5, 5.41) is 11.9. The van der Waals surface area contributed by atoms with Gasteiger partial charge in [0.05, 0.1) is 0 Å². The van der Waals surface area contributed by atoms with E-state index < -0.39 is 0 Å². The lowest BCUT2D eigenvalue weighted by Crippen LogP contribution is -2.00. The average Bonchev–Trinajstić information content (AvgIpc) is 4.12. The standard InChI is InChI=1S/C63H35N3O2S/c1-3-20-53-45(14-1)46-31-29-43(35-56(46)67-53)62-64-61(65-63(66-62)51-19-7-18-50-47-15-2-4-23-57(47)69-60(50)51)37-26-24-36(25-27-37)38-10-5-11-39(32-38)40-12-6-13-41(33-40)42-28-30-44-48-16-8-21-54-58(48)59-49(52(44)34-42)17-9-22-55(59)68-54/h1-35H. The fraction of sp³-hybridized carbons (Fsp3) is 0. The Bertz CT molecular complexity index is 4560. The summed E-state index contributed by atoms with van der Waals surface area (Å²) >= 11 is 1.77. The van der Waals surface area contributed by atoms with Crippen molar-refractivity contribution in [1.82, 2.24) is 15.0 Å². The Morgan fingerprint density at radius 1 is 0.275 bits per heavy atom. The largest absolute Gasteiger partial charge is 0.456 e. The highest BCUT2D eigenvalue weighted by Crippen LogP contribution is 2.44. The molecule has 0 atom stereocenters. The monoisotopic (exact) mass is 897 g/mol. The Kier molecular flexibility index (Phi) is 8.17. The molecule has 0 bridgehead atoms.